The number of hydrogen-bond donors (Lipinski definition) is 2. The zero-order valence-corrected chi connectivity index (χ0v) is 14.0. The van der Waals surface area contributed by atoms with Crippen LogP contribution in [0.3, 0.4) is 0 Å². The van der Waals surface area contributed by atoms with Gasteiger partial charge in [0.05, 0.1) is 0 Å². The predicted octanol–water partition coefficient (Wildman–Crippen LogP) is 3.64. The third-order valence-electron chi connectivity index (χ3n) is 4.20. The third kappa shape index (κ3) is 5.34. The van der Waals surface area contributed by atoms with Crippen LogP contribution in [0.2, 0.25) is 0 Å². The van der Waals surface area contributed by atoms with Crippen LogP contribution in [0.1, 0.15) is 51.5 Å². The highest BCUT2D eigenvalue weighted by molar-refractivity contribution is 5.66. The Morgan fingerprint density at radius 3 is 2.45 bits per heavy atom. The summed E-state index contributed by atoms with van der Waals surface area (Å²) >= 11 is 0. The molecule has 1 aliphatic heterocycles. The van der Waals surface area contributed by atoms with Crippen molar-refractivity contribution in [3.63, 3.8) is 0 Å². The second-order valence-electron chi connectivity index (χ2n) is 6.21. The number of likely N-dealkylation sites (N-methyl/N-ethyl adjacent to an activating group) is 1. The number of carboxylic acids is 1. The van der Waals surface area contributed by atoms with Crippen LogP contribution >= 0.6 is 0 Å². The van der Waals surface area contributed by atoms with Gasteiger partial charge in [-0.1, -0.05) is 32.4 Å². The number of likely N-dealkylation sites (tertiary alicyclic amines) is 1. The standard InChI is InChI=1S/C14H21NO.C4H8O2/c1-3-7-14(8-9-15(2)11-14)12-5-4-6-13(16)10-12;1-2-3-4(5)6/h4-6,10,16H,3,7-9,11H2,1-2H3;2-3H2,1H3,(H,5,6). The maximum absolute atomic E-state index is 9.61. The molecule has 0 saturated carbocycles. The number of aromatic hydroxyl groups is 1. The van der Waals surface area contributed by atoms with Crippen molar-refractivity contribution in [2.45, 2.75) is 51.4 Å². The lowest BCUT2D eigenvalue weighted by atomic mass is 9.76. The van der Waals surface area contributed by atoms with Crippen LogP contribution in [0.25, 0.3) is 0 Å². The number of aliphatic carboxylic acids is 1. The maximum Gasteiger partial charge on any atom is 0.303 e. The van der Waals surface area contributed by atoms with Gasteiger partial charge in [-0.3, -0.25) is 4.79 Å². The average molecular weight is 307 g/mol. The van der Waals surface area contributed by atoms with E-state index in [1.54, 1.807) is 6.07 Å². The van der Waals surface area contributed by atoms with E-state index in [2.05, 4.69) is 24.9 Å². The number of nitrogens with zero attached hydrogens (tertiary/aromatic N) is 1. The minimum atomic E-state index is -0.711. The van der Waals surface area contributed by atoms with Crippen molar-refractivity contribution < 1.29 is 15.0 Å². The Labute approximate surface area is 133 Å². The molecule has 4 heteroatoms. The first kappa shape index (κ1) is 18.5. The van der Waals surface area contributed by atoms with Crippen molar-refractivity contribution in [1.82, 2.24) is 4.90 Å². The largest absolute Gasteiger partial charge is 0.508 e. The number of carboxylic acid groups (broad SMARTS) is 1. The Balaban J connectivity index is 0.000000346. The molecule has 1 heterocycles. The summed E-state index contributed by atoms with van der Waals surface area (Å²) in [5.41, 5.74) is 1.57. The minimum Gasteiger partial charge on any atom is -0.508 e. The molecule has 1 aromatic rings. The zero-order valence-electron chi connectivity index (χ0n) is 14.0. The molecule has 4 nitrogen and oxygen atoms in total. The van der Waals surface area contributed by atoms with Gasteiger partial charge in [0.15, 0.2) is 0 Å². The molecule has 124 valence electrons. The Morgan fingerprint density at radius 1 is 1.32 bits per heavy atom. The number of phenols is 1. The van der Waals surface area contributed by atoms with Crippen LogP contribution < -0.4 is 0 Å². The van der Waals surface area contributed by atoms with Gasteiger partial charge in [-0.2, -0.15) is 0 Å². The molecule has 1 aliphatic rings. The van der Waals surface area contributed by atoms with Gasteiger partial charge in [0, 0.05) is 18.4 Å². The zero-order chi connectivity index (χ0) is 16.6. The molecule has 0 aliphatic carbocycles. The van der Waals surface area contributed by atoms with E-state index >= 15 is 0 Å². The normalized spacial score (nSPS) is 21.2. The Morgan fingerprint density at radius 2 is 2.05 bits per heavy atom. The Hall–Kier alpha value is -1.55. The fraction of sp³-hybridized carbons (Fsp3) is 0.611. The molecule has 1 atom stereocenters. The quantitative estimate of drug-likeness (QED) is 0.872. The van der Waals surface area contributed by atoms with Gasteiger partial charge in [0.25, 0.3) is 0 Å². The molecule has 1 saturated heterocycles. The molecule has 2 N–H and O–H groups in total. The van der Waals surface area contributed by atoms with Crippen LogP contribution in [-0.4, -0.2) is 41.2 Å². The van der Waals surface area contributed by atoms with E-state index in [0.29, 0.717) is 12.2 Å². The molecule has 0 bridgehead atoms. The second kappa shape index (κ2) is 8.79. The summed E-state index contributed by atoms with van der Waals surface area (Å²) in [4.78, 5) is 12.0. The second-order valence-corrected chi connectivity index (χ2v) is 6.21. The van der Waals surface area contributed by atoms with Crippen molar-refractivity contribution >= 4 is 5.97 Å². The van der Waals surface area contributed by atoms with E-state index in [1.165, 1.54) is 24.8 Å². The summed E-state index contributed by atoms with van der Waals surface area (Å²) < 4.78 is 0. The number of carbonyl (C=O) groups is 1. The lowest BCUT2D eigenvalue weighted by molar-refractivity contribution is -0.137. The molecular weight excluding hydrogens is 278 g/mol. The summed E-state index contributed by atoms with van der Waals surface area (Å²) in [6.07, 6.45) is 4.64. The highest BCUT2D eigenvalue weighted by atomic mass is 16.4. The smallest absolute Gasteiger partial charge is 0.303 e. The van der Waals surface area contributed by atoms with Crippen molar-refractivity contribution in [3.05, 3.63) is 29.8 Å². The molecule has 0 spiro atoms. The Kier molecular flexibility index (Phi) is 7.39. The summed E-state index contributed by atoms with van der Waals surface area (Å²) in [5, 5.41) is 17.5. The van der Waals surface area contributed by atoms with Gasteiger partial charge in [0.2, 0.25) is 0 Å². The van der Waals surface area contributed by atoms with Crippen LogP contribution in [0.5, 0.6) is 5.75 Å². The lowest BCUT2D eigenvalue weighted by Crippen LogP contribution is -2.29. The van der Waals surface area contributed by atoms with Gasteiger partial charge < -0.3 is 15.1 Å². The molecule has 0 amide bonds. The predicted molar refractivity (Wildman–Crippen MR) is 89.4 cm³/mol. The summed E-state index contributed by atoms with van der Waals surface area (Å²) in [6, 6.07) is 7.81. The fourth-order valence-electron chi connectivity index (χ4n) is 3.19. The first-order valence-electron chi connectivity index (χ1n) is 8.13. The molecule has 22 heavy (non-hydrogen) atoms. The van der Waals surface area contributed by atoms with E-state index in [-0.39, 0.29) is 5.41 Å². The van der Waals surface area contributed by atoms with E-state index in [0.717, 1.165) is 19.5 Å². The molecule has 2 rings (SSSR count). The maximum atomic E-state index is 9.61. The van der Waals surface area contributed by atoms with Gasteiger partial charge in [0.1, 0.15) is 5.75 Å². The molecule has 0 radical (unpaired) electrons. The third-order valence-corrected chi connectivity index (χ3v) is 4.20. The van der Waals surface area contributed by atoms with Crippen LogP contribution in [-0.2, 0) is 10.2 Å². The van der Waals surface area contributed by atoms with Gasteiger partial charge in [-0.15, -0.1) is 0 Å². The van der Waals surface area contributed by atoms with Gasteiger partial charge in [-0.05, 0) is 50.6 Å². The van der Waals surface area contributed by atoms with Crippen molar-refractivity contribution in [2.75, 3.05) is 20.1 Å². The topological polar surface area (TPSA) is 60.8 Å². The number of phenolic OH excluding ortho intramolecular Hbond substituents is 1. The van der Waals surface area contributed by atoms with E-state index in [1.807, 2.05) is 19.1 Å². The lowest BCUT2D eigenvalue weighted by Gasteiger charge is -2.29. The molecule has 0 aromatic heterocycles. The minimum absolute atomic E-state index is 0.266. The van der Waals surface area contributed by atoms with Crippen LogP contribution in [0.15, 0.2) is 24.3 Å². The first-order valence-corrected chi connectivity index (χ1v) is 8.13. The first-order chi connectivity index (χ1) is 10.4. The average Bonchev–Trinajstić information content (AvgIpc) is 2.82. The van der Waals surface area contributed by atoms with Gasteiger partial charge >= 0.3 is 5.97 Å². The molecule has 1 unspecified atom stereocenters. The molecule has 1 fully saturated rings. The number of hydrogen-bond acceptors (Lipinski definition) is 3. The number of rotatable bonds is 5. The Bertz CT molecular complexity index is 471. The summed E-state index contributed by atoms with van der Waals surface area (Å²) in [5.74, 6) is -0.319. The monoisotopic (exact) mass is 307 g/mol. The fourth-order valence-corrected chi connectivity index (χ4v) is 3.19. The molecular formula is C18H29NO3. The highest BCUT2D eigenvalue weighted by Crippen LogP contribution is 2.39. The summed E-state index contributed by atoms with van der Waals surface area (Å²) in [6.45, 7) is 6.36. The van der Waals surface area contributed by atoms with Crippen molar-refractivity contribution in [2.24, 2.45) is 0 Å². The SMILES string of the molecule is CCCC(=O)O.CCCC1(c2cccc(O)c2)CCN(C)C1. The summed E-state index contributed by atoms with van der Waals surface area (Å²) in [7, 11) is 2.18. The van der Waals surface area contributed by atoms with Crippen LogP contribution in [0.4, 0.5) is 0 Å². The van der Waals surface area contributed by atoms with Crippen molar-refractivity contribution in [1.29, 1.82) is 0 Å². The van der Waals surface area contributed by atoms with Crippen molar-refractivity contribution in [3.8, 4) is 5.75 Å². The van der Waals surface area contributed by atoms with E-state index in [9.17, 15) is 9.90 Å². The highest BCUT2D eigenvalue weighted by Gasteiger charge is 2.37. The molecule has 1 aromatic carbocycles. The number of benzene rings is 1. The van der Waals surface area contributed by atoms with Gasteiger partial charge in [-0.25, -0.2) is 0 Å². The van der Waals surface area contributed by atoms with Crippen LogP contribution in [0, 0.1) is 0 Å². The van der Waals surface area contributed by atoms with E-state index < -0.39 is 5.97 Å². The van der Waals surface area contributed by atoms with E-state index in [4.69, 9.17) is 5.11 Å².